The van der Waals surface area contributed by atoms with Crippen molar-refractivity contribution < 1.29 is 19.4 Å². The van der Waals surface area contributed by atoms with Crippen LogP contribution in [0.1, 0.15) is 81.1 Å². The summed E-state index contributed by atoms with van der Waals surface area (Å²) < 4.78 is 12.7. The quantitative estimate of drug-likeness (QED) is 0.645. The molecule has 0 aromatic carbocycles. The van der Waals surface area contributed by atoms with E-state index < -0.39 is 6.10 Å². The first kappa shape index (κ1) is 23.8. The number of rotatable bonds is 6. The van der Waals surface area contributed by atoms with E-state index in [9.17, 15) is 9.90 Å². The predicted molar refractivity (Wildman–Crippen MR) is 119 cm³/mol. The molecule has 5 nitrogen and oxygen atoms in total. The number of carbonyl (C=O) groups is 1. The van der Waals surface area contributed by atoms with Crippen LogP contribution in [0.5, 0.6) is 0 Å². The lowest BCUT2D eigenvalue weighted by atomic mass is 9.55. The summed E-state index contributed by atoms with van der Waals surface area (Å²) in [5.41, 5.74) is -0.185. The van der Waals surface area contributed by atoms with Gasteiger partial charge in [0, 0.05) is 18.5 Å². The van der Waals surface area contributed by atoms with Crippen LogP contribution < -0.4 is 0 Å². The van der Waals surface area contributed by atoms with Crippen LogP contribution in [-0.4, -0.2) is 53.6 Å². The minimum absolute atomic E-state index is 0.0124. The SMILES string of the molecule is CCC(C)C1(C)C(O)C2OC(C(OC(=O)N3CCC3)C(C)C)CC(C)C2C1(C)CC. The lowest BCUT2D eigenvalue weighted by molar-refractivity contribution is -0.181. The molecule has 3 fully saturated rings. The Balaban J connectivity index is 1.87. The fourth-order valence-electron chi connectivity index (χ4n) is 6.92. The predicted octanol–water partition coefficient (Wildman–Crippen LogP) is 5.11. The smallest absolute Gasteiger partial charge is 0.410 e. The molecule has 3 rings (SSSR count). The van der Waals surface area contributed by atoms with Crippen LogP contribution >= 0.6 is 0 Å². The van der Waals surface area contributed by atoms with E-state index in [4.69, 9.17) is 9.47 Å². The topological polar surface area (TPSA) is 59.0 Å². The van der Waals surface area contributed by atoms with Gasteiger partial charge in [0.05, 0.1) is 18.3 Å². The zero-order valence-electron chi connectivity index (χ0n) is 20.5. The normalized spacial score (nSPS) is 43.1. The number of carbonyl (C=O) groups excluding carboxylic acids is 1. The van der Waals surface area contributed by atoms with Crippen LogP contribution in [0.4, 0.5) is 4.79 Å². The highest BCUT2D eigenvalue weighted by Crippen LogP contribution is 2.66. The third kappa shape index (κ3) is 3.48. The van der Waals surface area contributed by atoms with Gasteiger partial charge in [0.1, 0.15) is 6.10 Å². The summed E-state index contributed by atoms with van der Waals surface area (Å²) in [6, 6.07) is 0. The van der Waals surface area contributed by atoms with Gasteiger partial charge in [-0.05, 0) is 48.3 Å². The van der Waals surface area contributed by atoms with E-state index >= 15 is 0 Å². The van der Waals surface area contributed by atoms with Crippen molar-refractivity contribution >= 4 is 6.09 Å². The Morgan fingerprint density at radius 3 is 2.33 bits per heavy atom. The molecule has 2 aliphatic heterocycles. The van der Waals surface area contributed by atoms with E-state index in [0.717, 1.165) is 38.8 Å². The van der Waals surface area contributed by atoms with Gasteiger partial charge in [-0.2, -0.15) is 0 Å². The lowest BCUT2D eigenvalue weighted by Crippen LogP contribution is -2.52. The zero-order valence-corrected chi connectivity index (χ0v) is 20.5. The number of likely N-dealkylation sites (tertiary alicyclic amines) is 1. The van der Waals surface area contributed by atoms with E-state index in [0.29, 0.717) is 17.8 Å². The number of nitrogens with zero attached hydrogens (tertiary/aromatic N) is 1. The zero-order chi connectivity index (χ0) is 22.4. The Labute approximate surface area is 183 Å². The maximum atomic E-state index is 12.5. The number of aliphatic hydroxyl groups excluding tert-OH is 1. The van der Waals surface area contributed by atoms with Gasteiger partial charge in [0.25, 0.3) is 0 Å². The number of hydrogen-bond acceptors (Lipinski definition) is 4. The Bertz CT molecular complexity index is 620. The van der Waals surface area contributed by atoms with Gasteiger partial charge in [-0.1, -0.05) is 61.8 Å². The van der Waals surface area contributed by atoms with Crippen LogP contribution in [-0.2, 0) is 9.47 Å². The molecular formula is C25H45NO4. The highest BCUT2D eigenvalue weighted by Gasteiger charge is 2.68. The Hall–Kier alpha value is -0.810. The van der Waals surface area contributed by atoms with E-state index in [1.54, 1.807) is 4.90 Å². The van der Waals surface area contributed by atoms with Crippen molar-refractivity contribution in [3.8, 4) is 0 Å². The molecule has 0 radical (unpaired) electrons. The molecule has 3 aliphatic rings. The van der Waals surface area contributed by atoms with E-state index in [2.05, 4.69) is 55.4 Å². The Morgan fingerprint density at radius 1 is 1.23 bits per heavy atom. The maximum Gasteiger partial charge on any atom is 0.410 e. The molecule has 0 aromatic rings. The van der Waals surface area contributed by atoms with Gasteiger partial charge in [-0.3, -0.25) is 0 Å². The third-order valence-corrected chi connectivity index (χ3v) is 9.54. The first-order valence-corrected chi connectivity index (χ1v) is 12.3. The minimum Gasteiger partial charge on any atom is -0.443 e. The molecule has 174 valence electrons. The van der Waals surface area contributed by atoms with Gasteiger partial charge in [-0.15, -0.1) is 0 Å². The van der Waals surface area contributed by atoms with Crippen LogP contribution in [0, 0.1) is 34.5 Å². The monoisotopic (exact) mass is 423 g/mol. The van der Waals surface area contributed by atoms with Crippen LogP contribution in [0.25, 0.3) is 0 Å². The fraction of sp³-hybridized carbons (Fsp3) is 0.960. The number of amides is 1. The molecule has 0 bridgehead atoms. The summed E-state index contributed by atoms with van der Waals surface area (Å²) in [5, 5.41) is 11.6. The van der Waals surface area contributed by atoms with E-state index in [1.165, 1.54) is 0 Å². The molecule has 1 aliphatic carbocycles. The second-order valence-corrected chi connectivity index (χ2v) is 11.1. The molecule has 30 heavy (non-hydrogen) atoms. The first-order chi connectivity index (χ1) is 14.0. The van der Waals surface area contributed by atoms with Crippen LogP contribution in [0.15, 0.2) is 0 Å². The van der Waals surface area contributed by atoms with Crippen LogP contribution in [0.3, 0.4) is 0 Å². The Morgan fingerprint density at radius 2 is 1.87 bits per heavy atom. The van der Waals surface area contributed by atoms with Crippen molar-refractivity contribution in [1.29, 1.82) is 0 Å². The second-order valence-electron chi connectivity index (χ2n) is 11.1. The summed E-state index contributed by atoms with van der Waals surface area (Å²) >= 11 is 0. The standard InChI is InChI=1S/C25H45NO4/c1-9-17(6)25(8)22(27)21-19(24(25,7)10-2)16(5)14-18(29-21)20(15(3)4)30-23(28)26-12-11-13-26/h15-22,27H,9-14H2,1-8H3. The van der Waals surface area contributed by atoms with Crippen molar-refractivity contribution in [1.82, 2.24) is 4.90 Å². The molecule has 1 amide bonds. The first-order valence-electron chi connectivity index (χ1n) is 12.3. The Kier molecular flexibility index (Phi) is 6.85. The highest BCUT2D eigenvalue weighted by molar-refractivity contribution is 5.68. The van der Waals surface area contributed by atoms with Gasteiger partial charge < -0.3 is 19.5 Å². The summed E-state index contributed by atoms with van der Waals surface area (Å²) in [7, 11) is 0. The van der Waals surface area contributed by atoms with Gasteiger partial charge in [0.2, 0.25) is 0 Å². The van der Waals surface area contributed by atoms with Crippen LogP contribution in [0.2, 0.25) is 0 Å². The molecular weight excluding hydrogens is 378 g/mol. The molecule has 9 unspecified atom stereocenters. The van der Waals surface area contributed by atoms with E-state index in [-0.39, 0.29) is 41.2 Å². The average Bonchev–Trinajstić information content (AvgIpc) is 2.83. The maximum absolute atomic E-state index is 12.5. The molecule has 0 aromatic heterocycles. The molecule has 2 saturated heterocycles. The minimum atomic E-state index is -0.508. The second kappa shape index (κ2) is 8.61. The molecule has 1 saturated carbocycles. The van der Waals surface area contributed by atoms with Crippen molar-refractivity contribution in [2.24, 2.45) is 34.5 Å². The van der Waals surface area contributed by atoms with Crippen molar-refractivity contribution in [2.45, 2.75) is 105 Å². The molecule has 2 heterocycles. The van der Waals surface area contributed by atoms with Gasteiger partial charge in [0.15, 0.2) is 0 Å². The molecule has 0 spiro atoms. The average molecular weight is 424 g/mol. The number of ether oxygens (including phenoxy) is 2. The lowest BCUT2D eigenvalue weighted by Gasteiger charge is -2.50. The third-order valence-electron chi connectivity index (χ3n) is 9.54. The number of fused-ring (bicyclic) bond motifs is 1. The van der Waals surface area contributed by atoms with Gasteiger partial charge >= 0.3 is 6.09 Å². The largest absolute Gasteiger partial charge is 0.443 e. The summed E-state index contributed by atoms with van der Waals surface area (Å²) in [4.78, 5) is 14.3. The highest BCUT2D eigenvalue weighted by atomic mass is 16.6. The number of aliphatic hydroxyl groups is 1. The summed E-state index contributed by atoms with van der Waals surface area (Å²) in [6.45, 7) is 19.5. The van der Waals surface area contributed by atoms with Crippen molar-refractivity contribution in [2.75, 3.05) is 13.1 Å². The van der Waals surface area contributed by atoms with Gasteiger partial charge in [-0.25, -0.2) is 4.79 Å². The molecule has 9 atom stereocenters. The van der Waals surface area contributed by atoms with Crippen molar-refractivity contribution in [3.63, 3.8) is 0 Å². The molecule has 1 N–H and O–H groups in total. The molecule has 5 heteroatoms. The number of hydrogen-bond donors (Lipinski definition) is 1. The summed E-state index contributed by atoms with van der Waals surface area (Å²) in [6.07, 6.45) is 2.63. The van der Waals surface area contributed by atoms with E-state index in [1.807, 2.05) is 0 Å². The fourth-order valence-corrected chi connectivity index (χ4v) is 6.92. The van der Waals surface area contributed by atoms with Crippen molar-refractivity contribution in [3.05, 3.63) is 0 Å². The summed E-state index contributed by atoms with van der Waals surface area (Å²) in [5.74, 6) is 1.29.